The summed E-state index contributed by atoms with van der Waals surface area (Å²) in [6.45, 7) is 8.88. The topological polar surface area (TPSA) is 64.6 Å². The number of esters is 1. The smallest absolute Gasteiger partial charge is 0.412 e. The van der Waals surface area contributed by atoms with Crippen LogP contribution in [0.25, 0.3) is 0 Å². The fraction of sp³-hybridized carbons (Fsp3) is 0.467. The van der Waals surface area contributed by atoms with Crippen molar-refractivity contribution in [3.05, 3.63) is 24.3 Å². The number of hydrogen-bond acceptors (Lipinski definition) is 4. The van der Waals surface area contributed by atoms with Gasteiger partial charge in [0.1, 0.15) is 14.8 Å². The number of rotatable bonds is 3. The molecule has 0 bridgehead atoms. The van der Waals surface area contributed by atoms with E-state index in [-0.39, 0.29) is 5.97 Å². The summed E-state index contributed by atoms with van der Waals surface area (Å²) < 4.78 is 9.80. The van der Waals surface area contributed by atoms with Gasteiger partial charge in [-0.25, -0.2) is 4.79 Å². The number of carbonyl (C=O) groups is 2. The van der Waals surface area contributed by atoms with Crippen molar-refractivity contribution in [1.29, 1.82) is 0 Å². The Morgan fingerprint density at radius 2 is 1.76 bits per heavy atom. The lowest BCUT2D eigenvalue weighted by atomic mass is 10.2. The highest BCUT2D eigenvalue weighted by Gasteiger charge is 2.26. The van der Waals surface area contributed by atoms with Gasteiger partial charge in [-0.3, -0.25) is 10.1 Å². The number of hydrogen-bond donors (Lipinski definition) is 1. The molecule has 6 heteroatoms. The van der Waals surface area contributed by atoms with E-state index in [2.05, 4.69) is 5.32 Å². The highest BCUT2D eigenvalue weighted by atomic mass is 127. The van der Waals surface area contributed by atoms with Crippen molar-refractivity contribution < 1.29 is 19.1 Å². The van der Waals surface area contributed by atoms with Crippen molar-refractivity contribution in [3.63, 3.8) is 0 Å². The van der Waals surface area contributed by atoms with Crippen LogP contribution >= 0.6 is 22.6 Å². The number of halogens is 1. The van der Waals surface area contributed by atoms with Gasteiger partial charge in [0.25, 0.3) is 0 Å². The van der Waals surface area contributed by atoms with Gasteiger partial charge < -0.3 is 9.47 Å². The number of alkyl halides is 1. The van der Waals surface area contributed by atoms with Crippen molar-refractivity contribution in [2.24, 2.45) is 0 Å². The zero-order valence-electron chi connectivity index (χ0n) is 12.8. The number of ether oxygens (including phenoxy) is 2. The number of carbonyl (C=O) groups excluding carboxylic acids is 2. The van der Waals surface area contributed by atoms with Crippen molar-refractivity contribution in [2.75, 3.05) is 5.32 Å². The second-order valence-electron chi connectivity index (χ2n) is 6.02. The average molecular weight is 405 g/mol. The van der Waals surface area contributed by atoms with Crippen molar-refractivity contribution in [2.45, 2.75) is 43.6 Å². The number of benzene rings is 1. The van der Waals surface area contributed by atoms with Crippen LogP contribution in [0.1, 0.15) is 34.6 Å². The fourth-order valence-electron chi connectivity index (χ4n) is 1.29. The van der Waals surface area contributed by atoms with Crippen molar-refractivity contribution >= 4 is 40.3 Å². The maximum Gasteiger partial charge on any atom is 0.412 e. The summed E-state index contributed by atoms with van der Waals surface area (Å²) >= 11 is 2.01. The number of nitrogens with one attached hydrogen (secondary N) is 1. The third kappa shape index (κ3) is 6.79. The van der Waals surface area contributed by atoms with Gasteiger partial charge in [-0.2, -0.15) is 0 Å². The molecule has 1 aromatic rings. The van der Waals surface area contributed by atoms with E-state index in [1.54, 1.807) is 58.9 Å². The molecule has 0 saturated heterocycles. The minimum atomic E-state index is -0.619. The van der Waals surface area contributed by atoms with Crippen LogP contribution in [-0.4, -0.2) is 21.1 Å². The molecule has 0 spiro atoms. The predicted octanol–water partition coefficient (Wildman–Crippen LogP) is 4.15. The molecule has 0 aliphatic rings. The van der Waals surface area contributed by atoms with E-state index in [1.165, 1.54) is 0 Å². The first-order valence-corrected chi connectivity index (χ1v) is 7.56. The van der Waals surface area contributed by atoms with E-state index in [4.69, 9.17) is 9.47 Å². The lowest BCUT2D eigenvalue weighted by Gasteiger charge is -2.20. The Morgan fingerprint density at radius 1 is 1.14 bits per heavy atom. The third-order valence-corrected chi connectivity index (χ3v) is 2.62. The molecule has 1 N–H and O–H groups in total. The summed E-state index contributed by atoms with van der Waals surface area (Å²) in [6, 6.07) is 6.61. The summed E-state index contributed by atoms with van der Waals surface area (Å²) in [5.74, 6) is 0.0239. The fourth-order valence-corrected chi connectivity index (χ4v) is 1.40. The van der Waals surface area contributed by atoms with Gasteiger partial charge in [0.2, 0.25) is 0 Å². The van der Waals surface area contributed by atoms with Crippen molar-refractivity contribution in [1.82, 2.24) is 0 Å². The molecule has 0 fully saturated rings. The number of anilines is 1. The molecular formula is C15H20INO4. The van der Waals surface area contributed by atoms with Crippen molar-refractivity contribution in [3.8, 4) is 5.75 Å². The molecule has 0 unspecified atom stereocenters. The monoisotopic (exact) mass is 405 g/mol. The third-order valence-electron chi connectivity index (χ3n) is 2.18. The second kappa shape index (κ2) is 6.64. The molecule has 21 heavy (non-hydrogen) atoms. The standard InChI is InChI=1S/C15H20INO4/c1-14(2,3)21-13(19)17-10-7-6-8-11(9-10)20-12(18)15(4,5)16/h6-9H,1-5H3,(H,17,19). The molecule has 0 heterocycles. The Bertz CT molecular complexity index is 529. The molecular weight excluding hydrogens is 385 g/mol. The molecule has 0 saturated carbocycles. The molecule has 0 aliphatic heterocycles. The molecule has 0 atom stereocenters. The summed E-state index contributed by atoms with van der Waals surface area (Å²) in [5.41, 5.74) is -0.0693. The molecule has 0 radical (unpaired) electrons. The van der Waals surface area contributed by atoms with Gasteiger partial charge in [-0.05, 0) is 46.8 Å². The van der Waals surface area contributed by atoms with Crippen LogP contribution in [0, 0.1) is 0 Å². The lowest BCUT2D eigenvalue weighted by Crippen LogP contribution is -2.29. The molecule has 116 valence electrons. The van der Waals surface area contributed by atoms with E-state index < -0.39 is 15.1 Å². The summed E-state index contributed by atoms with van der Waals surface area (Å²) in [5, 5.41) is 2.60. The van der Waals surface area contributed by atoms with Gasteiger partial charge in [0, 0.05) is 11.8 Å². The minimum Gasteiger partial charge on any atom is -0.444 e. The zero-order valence-corrected chi connectivity index (χ0v) is 15.0. The summed E-state index contributed by atoms with van der Waals surface area (Å²) in [7, 11) is 0. The molecule has 1 aromatic carbocycles. The van der Waals surface area contributed by atoms with Gasteiger partial charge in [0.15, 0.2) is 0 Å². The Morgan fingerprint density at radius 3 is 2.29 bits per heavy atom. The van der Waals surface area contributed by atoms with E-state index in [1.807, 2.05) is 22.6 Å². The number of amides is 1. The SMILES string of the molecule is CC(C)(C)OC(=O)Nc1cccc(OC(=O)C(C)(C)I)c1. The van der Waals surface area contributed by atoms with Crippen LogP contribution in [0.3, 0.4) is 0 Å². The molecule has 5 nitrogen and oxygen atoms in total. The van der Waals surface area contributed by atoms with Gasteiger partial charge in [0.05, 0.1) is 0 Å². The maximum absolute atomic E-state index is 11.8. The van der Waals surface area contributed by atoms with Crippen LogP contribution in [0.15, 0.2) is 24.3 Å². The van der Waals surface area contributed by atoms with Gasteiger partial charge in [-0.1, -0.05) is 28.7 Å². The van der Waals surface area contributed by atoms with Crippen LogP contribution in [0.2, 0.25) is 0 Å². The average Bonchev–Trinajstić information content (AvgIpc) is 2.25. The Balaban J connectivity index is 2.73. The highest BCUT2D eigenvalue weighted by molar-refractivity contribution is 14.1. The molecule has 1 amide bonds. The zero-order chi connectivity index (χ0) is 16.3. The Labute approximate surface area is 138 Å². The van der Waals surface area contributed by atoms with Crippen LogP contribution in [-0.2, 0) is 9.53 Å². The van der Waals surface area contributed by atoms with Crippen LogP contribution in [0.4, 0.5) is 10.5 Å². The molecule has 1 rings (SSSR count). The van der Waals surface area contributed by atoms with Gasteiger partial charge in [-0.15, -0.1) is 0 Å². The van der Waals surface area contributed by atoms with E-state index in [0.29, 0.717) is 11.4 Å². The lowest BCUT2D eigenvalue weighted by molar-refractivity contribution is -0.135. The van der Waals surface area contributed by atoms with E-state index in [9.17, 15) is 9.59 Å². The normalized spacial score (nSPS) is 11.7. The largest absolute Gasteiger partial charge is 0.444 e. The molecule has 0 aliphatic carbocycles. The Hall–Kier alpha value is -1.31. The second-order valence-corrected chi connectivity index (χ2v) is 8.71. The quantitative estimate of drug-likeness (QED) is 0.355. The van der Waals surface area contributed by atoms with Crippen LogP contribution < -0.4 is 10.1 Å². The Kier molecular flexibility index (Phi) is 5.61. The highest BCUT2D eigenvalue weighted by Crippen LogP contribution is 2.23. The van der Waals surface area contributed by atoms with E-state index >= 15 is 0 Å². The first-order valence-electron chi connectivity index (χ1n) is 6.49. The first-order chi connectivity index (χ1) is 9.47. The molecule has 0 aromatic heterocycles. The summed E-state index contributed by atoms with van der Waals surface area (Å²) in [6.07, 6.45) is -0.555. The predicted molar refractivity (Wildman–Crippen MR) is 90.0 cm³/mol. The van der Waals surface area contributed by atoms with Gasteiger partial charge >= 0.3 is 12.1 Å². The van der Waals surface area contributed by atoms with E-state index in [0.717, 1.165) is 0 Å². The summed E-state index contributed by atoms with van der Waals surface area (Å²) in [4.78, 5) is 23.5. The first kappa shape index (κ1) is 17.7. The minimum absolute atomic E-state index is 0.350. The maximum atomic E-state index is 11.8. The van der Waals surface area contributed by atoms with Crippen LogP contribution in [0.5, 0.6) is 5.75 Å².